The van der Waals surface area contributed by atoms with E-state index in [1.165, 1.54) is 24.8 Å². The van der Waals surface area contributed by atoms with Crippen molar-refractivity contribution in [2.75, 3.05) is 13.7 Å². The maximum atomic E-state index is 5.41. The molecule has 1 N–H and O–H groups in total. The zero-order valence-electron chi connectivity index (χ0n) is 11.4. The molecule has 0 amide bonds. The van der Waals surface area contributed by atoms with Gasteiger partial charge in [0.05, 0.1) is 7.11 Å². The van der Waals surface area contributed by atoms with Gasteiger partial charge in [-0.3, -0.25) is 0 Å². The molecule has 2 atom stereocenters. The van der Waals surface area contributed by atoms with Gasteiger partial charge in [0.15, 0.2) is 0 Å². The van der Waals surface area contributed by atoms with Crippen LogP contribution in [-0.2, 0) is 0 Å². The quantitative estimate of drug-likeness (QED) is 0.799. The van der Waals surface area contributed by atoms with Gasteiger partial charge in [-0.25, -0.2) is 0 Å². The normalized spacial score (nSPS) is 20.7. The largest absolute Gasteiger partial charge is 0.496 e. The van der Waals surface area contributed by atoms with Crippen LogP contribution in [0, 0.1) is 5.92 Å². The van der Waals surface area contributed by atoms with Crippen molar-refractivity contribution in [2.45, 2.75) is 32.2 Å². The van der Waals surface area contributed by atoms with Crippen LogP contribution in [0.15, 0.2) is 36.4 Å². The second-order valence-corrected chi connectivity index (χ2v) is 5.02. The van der Waals surface area contributed by atoms with Crippen molar-refractivity contribution in [3.8, 4) is 5.75 Å². The molecule has 0 saturated carbocycles. The zero-order valence-corrected chi connectivity index (χ0v) is 11.4. The van der Waals surface area contributed by atoms with Gasteiger partial charge in [-0.1, -0.05) is 30.4 Å². The Morgan fingerprint density at radius 3 is 2.89 bits per heavy atom. The lowest BCUT2D eigenvalue weighted by atomic mass is 9.94. The number of hydrogen-bond acceptors (Lipinski definition) is 2. The van der Waals surface area contributed by atoms with Gasteiger partial charge < -0.3 is 10.1 Å². The molecule has 0 aliphatic heterocycles. The summed E-state index contributed by atoms with van der Waals surface area (Å²) in [6.45, 7) is 3.29. The van der Waals surface area contributed by atoms with Crippen molar-refractivity contribution in [1.82, 2.24) is 5.32 Å². The predicted molar refractivity (Wildman–Crippen MR) is 75.9 cm³/mol. The fourth-order valence-electron chi connectivity index (χ4n) is 2.52. The highest BCUT2D eigenvalue weighted by atomic mass is 16.5. The minimum Gasteiger partial charge on any atom is -0.496 e. The molecule has 0 heterocycles. The Bertz CT molecular complexity index is 400. The third-order valence-corrected chi connectivity index (χ3v) is 3.70. The number of benzene rings is 1. The number of hydrogen-bond donors (Lipinski definition) is 1. The minimum atomic E-state index is 0.340. The first-order valence-electron chi connectivity index (χ1n) is 6.82. The average molecular weight is 245 g/mol. The number of para-hydroxylation sites is 1. The first kappa shape index (κ1) is 13.2. The zero-order chi connectivity index (χ0) is 12.8. The molecule has 18 heavy (non-hydrogen) atoms. The van der Waals surface area contributed by atoms with E-state index in [1.54, 1.807) is 7.11 Å². The van der Waals surface area contributed by atoms with E-state index in [1.807, 2.05) is 12.1 Å². The van der Waals surface area contributed by atoms with E-state index in [-0.39, 0.29) is 0 Å². The molecule has 0 saturated heterocycles. The summed E-state index contributed by atoms with van der Waals surface area (Å²) in [5, 5.41) is 3.63. The molecular formula is C16H23NO. The van der Waals surface area contributed by atoms with Crippen molar-refractivity contribution in [1.29, 1.82) is 0 Å². The van der Waals surface area contributed by atoms with Crippen molar-refractivity contribution >= 4 is 0 Å². The molecule has 1 aromatic rings. The van der Waals surface area contributed by atoms with Crippen LogP contribution in [0.5, 0.6) is 5.75 Å². The van der Waals surface area contributed by atoms with E-state index in [4.69, 9.17) is 4.74 Å². The molecule has 0 radical (unpaired) electrons. The van der Waals surface area contributed by atoms with E-state index >= 15 is 0 Å². The van der Waals surface area contributed by atoms with Gasteiger partial charge in [-0.05, 0) is 44.7 Å². The van der Waals surface area contributed by atoms with Crippen LogP contribution in [-0.4, -0.2) is 13.7 Å². The van der Waals surface area contributed by atoms with E-state index in [0.29, 0.717) is 6.04 Å². The van der Waals surface area contributed by atoms with Crippen LogP contribution in [0.4, 0.5) is 0 Å². The highest BCUT2D eigenvalue weighted by Crippen LogP contribution is 2.25. The number of methoxy groups -OCH3 is 1. The minimum absolute atomic E-state index is 0.340. The Labute approximate surface area is 110 Å². The predicted octanol–water partition coefficient (Wildman–Crippen LogP) is 3.70. The average Bonchev–Trinajstić information content (AvgIpc) is 2.45. The molecule has 1 aromatic carbocycles. The lowest BCUT2D eigenvalue weighted by Crippen LogP contribution is -2.26. The summed E-state index contributed by atoms with van der Waals surface area (Å²) < 4.78 is 5.41. The highest BCUT2D eigenvalue weighted by molar-refractivity contribution is 5.35. The summed E-state index contributed by atoms with van der Waals surface area (Å²) in [5.74, 6) is 1.76. The van der Waals surface area contributed by atoms with Gasteiger partial charge in [0.25, 0.3) is 0 Å². The molecule has 1 aliphatic carbocycles. The van der Waals surface area contributed by atoms with Crippen LogP contribution in [0.3, 0.4) is 0 Å². The van der Waals surface area contributed by atoms with Crippen molar-refractivity contribution in [3.05, 3.63) is 42.0 Å². The van der Waals surface area contributed by atoms with Crippen LogP contribution in [0.2, 0.25) is 0 Å². The summed E-state index contributed by atoms with van der Waals surface area (Å²) in [4.78, 5) is 0. The Balaban J connectivity index is 1.90. The first-order valence-corrected chi connectivity index (χ1v) is 6.82. The number of rotatable bonds is 5. The van der Waals surface area contributed by atoms with Crippen molar-refractivity contribution in [2.24, 2.45) is 5.92 Å². The molecule has 1 unspecified atom stereocenters. The molecule has 0 aromatic heterocycles. The lowest BCUT2D eigenvalue weighted by molar-refractivity contribution is 0.387. The standard InChI is InChI=1S/C16H23NO/c1-13(15-10-6-7-11-16(15)18-2)17-12-14-8-4-3-5-9-14/h3-4,6-7,10-11,13-14,17H,5,8-9,12H2,1-2H3/t13-,14?/m1/s1. The topological polar surface area (TPSA) is 21.3 Å². The summed E-state index contributed by atoms with van der Waals surface area (Å²) in [6, 6.07) is 8.58. The monoisotopic (exact) mass is 245 g/mol. The van der Waals surface area contributed by atoms with Crippen LogP contribution in [0.1, 0.15) is 37.8 Å². The number of nitrogens with one attached hydrogen (secondary N) is 1. The summed E-state index contributed by atoms with van der Waals surface area (Å²) >= 11 is 0. The van der Waals surface area contributed by atoms with Gasteiger partial charge >= 0.3 is 0 Å². The van der Waals surface area contributed by atoms with E-state index in [0.717, 1.165) is 18.2 Å². The molecule has 2 heteroatoms. The van der Waals surface area contributed by atoms with E-state index < -0.39 is 0 Å². The molecule has 0 spiro atoms. The molecule has 2 rings (SSSR count). The maximum absolute atomic E-state index is 5.41. The summed E-state index contributed by atoms with van der Waals surface area (Å²) in [5.41, 5.74) is 1.24. The van der Waals surface area contributed by atoms with Crippen molar-refractivity contribution in [3.63, 3.8) is 0 Å². The lowest BCUT2D eigenvalue weighted by Gasteiger charge is -2.22. The molecule has 0 bridgehead atoms. The second-order valence-electron chi connectivity index (χ2n) is 5.02. The number of allylic oxidation sites excluding steroid dienone is 2. The Kier molecular flexibility index (Phi) is 4.82. The van der Waals surface area contributed by atoms with Gasteiger partial charge in [0.2, 0.25) is 0 Å². The fourth-order valence-corrected chi connectivity index (χ4v) is 2.52. The first-order chi connectivity index (χ1) is 8.81. The molecule has 2 nitrogen and oxygen atoms in total. The molecule has 1 aliphatic rings. The Morgan fingerprint density at radius 2 is 2.17 bits per heavy atom. The van der Waals surface area contributed by atoms with E-state index in [2.05, 4.69) is 36.5 Å². The number of ether oxygens (including phenoxy) is 1. The summed E-state index contributed by atoms with van der Waals surface area (Å²) in [6.07, 6.45) is 8.35. The molecular weight excluding hydrogens is 222 g/mol. The molecule has 0 fully saturated rings. The van der Waals surface area contributed by atoms with Gasteiger partial charge in [-0.2, -0.15) is 0 Å². The van der Waals surface area contributed by atoms with Crippen LogP contribution < -0.4 is 10.1 Å². The third-order valence-electron chi connectivity index (χ3n) is 3.70. The Hall–Kier alpha value is -1.28. The van der Waals surface area contributed by atoms with Gasteiger partial charge in [-0.15, -0.1) is 0 Å². The fraction of sp³-hybridized carbons (Fsp3) is 0.500. The van der Waals surface area contributed by atoms with Crippen LogP contribution in [0.25, 0.3) is 0 Å². The highest BCUT2D eigenvalue weighted by Gasteiger charge is 2.14. The van der Waals surface area contributed by atoms with Gasteiger partial charge in [0, 0.05) is 11.6 Å². The SMILES string of the molecule is COc1ccccc1[C@@H](C)NCC1CC=CCC1. The second kappa shape index (κ2) is 6.60. The summed E-state index contributed by atoms with van der Waals surface area (Å²) in [7, 11) is 1.73. The third kappa shape index (κ3) is 3.36. The smallest absolute Gasteiger partial charge is 0.123 e. The Morgan fingerprint density at radius 1 is 1.33 bits per heavy atom. The van der Waals surface area contributed by atoms with Crippen LogP contribution >= 0.6 is 0 Å². The maximum Gasteiger partial charge on any atom is 0.123 e. The van der Waals surface area contributed by atoms with E-state index in [9.17, 15) is 0 Å². The van der Waals surface area contributed by atoms with Gasteiger partial charge in [0.1, 0.15) is 5.75 Å². The molecule has 98 valence electrons. The van der Waals surface area contributed by atoms with Crippen molar-refractivity contribution < 1.29 is 4.74 Å².